The minimum atomic E-state index is -2.80. The number of rotatable bonds is 5. The highest BCUT2D eigenvalue weighted by Crippen LogP contribution is 2.31. The maximum atomic E-state index is 13.0. The Kier molecular flexibility index (Phi) is 4.77. The number of benzene rings is 1. The second kappa shape index (κ2) is 7.17. The molecule has 30 heavy (non-hydrogen) atoms. The van der Waals surface area contributed by atoms with Crippen molar-refractivity contribution in [2.24, 2.45) is 7.05 Å². The average Bonchev–Trinajstić information content (AvgIpc) is 3.24. The van der Waals surface area contributed by atoms with Crippen LogP contribution in [0.3, 0.4) is 0 Å². The molecule has 1 aromatic carbocycles. The van der Waals surface area contributed by atoms with Crippen molar-refractivity contribution in [2.45, 2.75) is 25.9 Å². The first-order chi connectivity index (χ1) is 14.1. The summed E-state index contributed by atoms with van der Waals surface area (Å²) in [6, 6.07) is 5.66. The van der Waals surface area contributed by atoms with Crippen LogP contribution in [0.2, 0.25) is 5.02 Å². The number of anilines is 2. The van der Waals surface area contributed by atoms with Crippen LogP contribution in [-0.2, 0) is 12.6 Å². The van der Waals surface area contributed by atoms with Crippen LogP contribution in [-0.4, -0.2) is 34.5 Å². The van der Waals surface area contributed by atoms with E-state index in [-0.39, 0.29) is 22.6 Å². The van der Waals surface area contributed by atoms with Crippen molar-refractivity contribution in [3.05, 3.63) is 41.3 Å². The van der Waals surface area contributed by atoms with E-state index in [4.69, 9.17) is 17.3 Å². The fourth-order valence-corrected chi connectivity index (χ4v) is 3.47. The Morgan fingerprint density at radius 1 is 1.20 bits per heavy atom. The number of nitrogen functional groups attached to an aromatic ring is 1. The minimum Gasteiger partial charge on any atom is -0.368 e. The minimum absolute atomic E-state index is 0.00705. The molecule has 12 heteroatoms. The topological polar surface area (TPSA) is 112 Å². The first-order valence-electron chi connectivity index (χ1n) is 8.89. The lowest BCUT2D eigenvalue weighted by atomic mass is 10.0. The first-order valence-corrected chi connectivity index (χ1v) is 9.27. The van der Waals surface area contributed by atoms with Gasteiger partial charge in [0.05, 0.1) is 22.3 Å². The maximum absolute atomic E-state index is 13.0. The highest BCUT2D eigenvalue weighted by atomic mass is 35.5. The van der Waals surface area contributed by atoms with Gasteiger partial charge in [0.1, 0.15) is 5.69 Å². The summed E-state index contributed by atoms with van der Waals surface area (Å²) in [6.45, 7) is 0.643. The van der Waals surface area contributed by atoms with Crippen LogP contribution in [0.25, 0.3) is 22.3 Å². The van der Waals surface area contributed by atoms with Gasteiger partial charge in [-0.2, -0.15) is 33.9 Å². The molecule has 3 aromatic heterocycles. The molecule has 0 fully saturated rings. The van der Waals surface area contributed by atoms with E-state index in [9.17, 15) is 8.78 Å². The van der Waals surface area contributed by atoms with Crippen LogP contribution in [0.15, 0.2) is 30.6 Å². The Hall–Kier alpha value is -3.34. The Bertz CT molecular complexity index is 1230. The molecule has 0 aliphatic heterocycles. The molecule has 0 unspecified atom stereocenters. The van der Waals surface area contributed by atoms with Crippen molar-refractivity contribution in [1.82, 2.24) is 34.5 Å². The SMILES string of the molecule is Cn1ncc2ccc(-c3nc(N)nc(NC(C)(C)c4nn(C(F)F)cc4Cl)n3)cc21. The zero-order valence-electron chi connectivity index (χ0n) is 16.3. The van der Waals surface area contributed by atoms with Crippen molar-refractivity contribution in [1.29, 1.82) is 0 Å². The van der Waals surface area contributed by atoms with E-state index in [0.717, 1.165) is 22.7 Å². The summed E-state index contributed by atoms with van der Waals surface area (Å²) >= 11 is 6.11. The highest BCUT2D eigenvalue weighted by molar-refractivity contribution is 6.31. The molecule has 0 bridgehead atoms. The molecule has 3 heterocycles. The van der Waals surface area contributed by atoms with E-state index in [1.54, 1.807) is 24.7 Å². The molecule has 0 aliphatic rings. The number of hydrogen-bond acceptors (Lipinski definition) is 7. The van der Waals surface area contributed by atoms with Crippen LogP contribution in [0.4, 0.5) is 20.7 Å². The molecule has 0 amide bonds. The number of halogens is 3. The lowest BCUT2D eigenvalue weighted by Crippen LogP contribution is -2.30. The summed E-state index contributed by atoms with van der Waals surface area (Å²) in [4.78, 5) is 12.8. The molecular formula is C18H18ClF2N9. The fourth-order valence-electron chi connectivity index (χ4n) is 3.09. The second-order valence-corrected chi connectivity index (χ2v) is 7.62. The molecule has 9 nitrogen and oxygen atoms in total. The van der Waals surface area contributed by atoms with E-state index < -0.39 is 12.1 Å². The third kappa shape index (κ3) is 3.63. The molecule has 0 spiro atoms. The first kappa shape index (κ1) is 20.0. The number of hydrogen-bond donors (Lipinski definition) is 2. The van der Waals surface area contributed by atoms with Crippen molar-refractivity contribution in [3.63, 3.8) is 0 Å². The maximum Gasteiger partial charge on any atom is 0.333 e. The van der Waals surface area contributed by atoms with Crippen LogP contribution >= 0.6 is 11.6 Å². The van der Waals surface area contributed by atoms with Crippen molar-refractivity contribution < 1.29 is 8.78 Å². The summed E-state index contributed by atoms with van der Waals surface area (Å²) in [6.07, 6.45) is 2.83. The predicted molar refractivity (Wildman–Crippen MR) is 109 cm³/mol. The normalized spacial score (nSPS) is 12.1. The van der Waals surface area contributed by atoms with E-state index in [1.807, 2.05) is 25.2 Å². The highest BCUT2D eigenvalue weighted by Gasteiger charge is 2.29. The summed E-state index contributed by atoms with van der Waals surface area (Å²) in [5.74, 6) is 0.524. The molecule has 4 rings (SSSR count). The number of alkyl halides is 2. The average molecular weight is 434 g/mol. The molecule has 0 atom stereocenters. The van der Waals surface area contributed by atoms with Crippen LogP contribution < -0.4 is 11.1 Å². The van der Waals surface area contributed by atoms with Crippen LogP contribution in [0.1, 0.15) is 26.1 Å². The Morgan fingerprint density at radius 2 is 1.97 bits per heavy atom. The molecule has 156 valence electrons. The Morgan fingerprint density at radius 3 is 2.67 bits per heavy atom. The summed E-state index contributed by atoms with van der Waals surface area (Å²) < 4.78 is 28.1. The van der Waals surface area contributed by atoms with Crippen LogP contribution in [0, 0.1) is 0 Å². The molecule has 0 radical (unpaired) electrons. The number of nitrogens with two attached hydrogens (primary N) is 1. The molecule has 4 aromatic rings. The lowest BCUT2D eigenvalue weighted by molar-refractivity contribution is 0.0558. The third-order valence-corrected chi connectivity index (χ3v) is 4.84. The van der Waals surface area contributed by atoms with Gasteiger partial charge in [-0.15, -0.1) is 0 Å². The van der Waals surface area contributed by atoms with E-state index in [0.29, 0.717) is 10.5 Å². The van der Waals surface area contributed by atoms with Gasteiger partial charge in [-0.05, 0) is 19.9 Å². The van der Waals surface area contributed by atoms with E-state index in [1.165, 1.54) is 0 Å². The number of aromatic nitrogens is 7. The van der Waals surface area contributed by atoms with Gasteiger partial charge in [-0.3, -0.25) is 4.68 Å². The third-order valence-electron chi connectivity index (χ3n) is 4.56. The molecule has 3 N–H and O–H groups in total. The molecule has 0 saturated heterocycles. The second-order valence-electron chi connectivity index (χ2n) is 7.22. The van der Waals surface area contributed by atoms with Crippen molar-refractivity contribution in [3.8, 4) is 11.4 Å². The van der Waals surface area contributed by atoms with Gasteiger partial charge in [0.15, 0.2) is 5.82 Å². The van der Waals surface area contributed by atoms with Crippen molar-refractivity contribution >= 4 is 34.4 Å². The molecule has 0 saturated carbocycles. The molecule has 0 aliphatic carbocycles. The summed E-state index contributed by atoms with van der Waals surface area (Å²) in [5, 5.41) is 12.2. The predicted octanol–water partition coefficient (Wildman–Crippen LogP) is 3.60. The zero-order valence-corrected chi connectivity index (χ0v) is 17.1. The Labute approximate surface area is 174 Å². The lowest BCUT2D eigenvalue weighted by Gasteiger charge is -2.25. The number of nitrogens with one attached hydrogen (secondary N) is 1. The standard InChI is InChI=1S/C18H18ClF2N9/c1-18(2,13-11(19)8-30(28-13)15(20)21)27-17-25-14(24-16(22)26-17)9-4-5-10-7-23-29(3)12(10)6-9/h4-8,15H,1-3H3,(H3,22,24,25,26,27). The van der Waals surface area contributed by atoms with Gasteiger partial charge in [0.25, 0.3) is 0 Å². The number of aryl methyl sites for hydroxylation is 1. The van der Waals surface area contributed by atoms with Gasteiger partial charge in [-0.25, -0.2) is 4.68 Å². The monoisotopic (exact) mass is 433 g/mol. The smallest absolute Gasteiger partial charge is 0.333 e. The fraction of sp³-hybridized carbons (Fsp3) is 0.278. The van der Waals surface area contributed by atoms with Crippen LogP contribution in [0.5, 0.6) is 0 Å². The number of nitrogens with zero attached hydrogens (tertiary/aromatic N) is 7. The van der Waals surface area contributed by atoms with Gasteiger partial charge < -0.3 is 11.1 Å². The van der Waals surface area contributed by atoms with E-state index in [2.05, 4.69) is 30.5 Å². The van der Waals surface area contributed by atoms with Crippen molar-refractivity contribution in [2.75, 3.05) is 11.1 Å². The molecular weight excluding hydrogens is 416 g/mol. The summed E-state index contributed by atoms with van der Waals surface area (Å²) in [7, 11) is 1.84. The largest absolute Gasteiger partial charge is 0.368 e. The summed E-state index contributed by atoms with van der Waals surface area (Å²) in [5.41, 5.74) is 6.78. The van der Waals surface area contributed by atoms with Gasteiger partial charge >= 0.3 is 6.55 Å². The zero-order chi connectivity index (χ0) is 21.6. The quantitative estimate of drug-likeness (QED) is 0.494. The number of fused-ring (bicyclic) bond motifs is 1. The van der Waals surface area contributed by atoms with Gasteiger partial charge in [0.2, 0.25) is 11.9 Å². The van der Waals surface area contributed by atoms with E-state index >= 15 is 0 Å². The Balaban J connectivity index is 1.70. The van der Waals surface area contributed by atoms with Gasteiger partial charge in [0, 0.05) is 24.2 Å². The van der Waals surface area contributed by atoms with Gasteiger partial charge in [-0.1, -0.05) is 23.7 Å².